The lowest BCUT2D eigenvalue weighted by atomic mass is 9.84. The maximum absolute atomic E-state index is 13.4. The number of piperidine rings is 2. The van der Waals surface area contributed by atoms with Gasteiger partial charge < -0.3 is 10.2 Å². The second-order valence-corrected chi connectivity index (χ2v) is 7.62. The minimum Gasteiger partial charge on any atom is -0.340 e. The molecule has 0 aromatic carbocycles. The molecule has 2 saturated heterocycles. The zero-order chi connectivity index (χ0) is 16.3. The van der Waals surface area contributed by atoms with E-state index in [4.69, 9.17) is 0 Å². The highest BCUT2D eigenvalue weighted by molar-refractivity contribution is 5.84. The molecular weight excluding hydrogens is 288 g/mol. The van der Waals surface area contributed by atoms with Crippen molar-refractivity contribution in [3.05, 3.63) is 18.5 Å². The summed E-state index contributed by atoms with van der Waals surface area (Å²) in [6.07, 6.45) is 9.03. The van der Waals surface area contributed by atoms with Crippen LogP contribution >= 0.6 is 0 Å². The summed E-state index contributed by atoms with van der Waals surface area (Å²) in [6.45, 7) is 8.15. The Morgan fingerprint density at radius 1 is 1.39 bits per heavy atom. The van der Waals surface area contributed by atoms with E-state index in [9.17, 15) is 4.79 Å². The Bertz CT molecular complexity index is 505. The fourth-order valence-electron chi connectivity index (χ4n) is 4.31. The maximum Gasteiger partial charge on any atom is 0.250 e. The van der Waals surface area contributed by atoms with Gasteiger partial charge in [-0.25, -0.2) is 0 Å². The highest BCUT2D eigenvalue weighted by Gasteiger charge is 2.45. The fourth-order valence-corrected chi connectivity index (χ4v) is 4.31. The first-order valence-electron chi connectivity index (χ1n) is 9.12. The molecule has 5 heteroatoms. The SMILES string of the molecule is CC(C)CC1CCCN(C(=O)C2(n3cccn3)CCNCC2)C1. The number of aromatic nitrogens is 2. The molecule has 0 saturated carbocycles. The van der Waals surface area contributed by atoms with Gasteiger partial charge in [0.15, 0.2) is 0 Å². The summed E-state index contributed by atoms with van der Waals surface area (Å²) in [6, 6.07) is 1.93. The maximum atomic E-state index is 13.4. The Hall–Kier alpha value is -1.36. The highest BCUT2D eigenvalue weighted by Crippen LogP contribution is 2.32. The van der Waals surface area contributed by atoms with E-state index in [0.29, 0.717) is 11.8 Å². The van der Waals surface area contributed by atoms with Gasteiger partial charge in [-0.3, -0.25) is 9.48 Å². The Morgan fingerprint density at radius 2 is 2.17 bits per heavy atom. The second kappa shape index (κ2) is 7.04. The smallest absolute Gasteiger partial charge is 0.250 e. The van der Waals surface area contributed by atoms with Crippen LogP contribution < -0.4 is 5.32 Å². The first-order chi connectivity index (χ1) is 11.1. The number of hydrogen-bond acceptors (Lipinski definition) is 3. The van der Waals surface area contributed by atoms with E-state index in [1.807, 2.05) is 16.9 Å². The minimum absolute atomic E-state index is 0.288. The van der Waals surface area contributed by atoms with E-state index in [0.717, 1.165) is 45.4 Å². The van der Waals surface area contributed by atoms with Crippen molar-refractivity contribution in [1.29, 1.82) is 0 Å². The molecule has 1 unspecified atom stereocenters. The van der Waals surface area contributed by atoms with Gasteiger partial charge in [0.2, 0.25) is 0 Å². The molecule has 3 rings (SSSR count). The van der Waals surface area contributed by atoms with Gasteiger partial charge in [-0.1, -0.05) is 13.8 Å². The first-order valence-corrected chi connectivity index (χ1v) is 9.12. The van der Waals surface area contributed by atoms with Crippen molar-refractivity contribution in [2.24, 2.45) is 11.8 Å². The number of likely N-dealkylation sites (tertiary alicyclic amines) is 1. The van der Waals surface area contributed by atoms with E-state index in [2.05, 4.69) is 29.2 Å². The highest BCUT2D eigenvalue weighted by atomic mass is 16.2. The molecule has 1 aromatic rings. The Labute approximate surface area is 139 Å². The van der Waals surface area contributed by atoms with E-state index < -0.39 is 5.54 Å². The summed E-state index contributed by atoms with van der Waals surface area (Å²) in [4.78, 5) is 15.6. The van der Waals surface area contributed by atoms with Crippen LogP contribution in [0, 0.1) is 11.8 Å². The molecule has 23 heavy (non-hydrogen) atoms. The molecule has 1 amide bonds. The average Bonchev–Trinajstić information content (AvgIpc) is 3.09. The molecule has 2 fully saturated rings. The zero-order valence-electron chi connectivity index (χ0n) is 14.5. The van der Waals surface area contributed by atoms with Gasteiger partial charge in [-0.2, -0.15) is 5.10 Å². The Kier molecular flexibility index (Phi) is 5.05. The first kappa shape index (κ1) is 16.5. The van der Waals surface area contributed by atoms with Gasteiger partial charge >= 0.3 is 0 Å². The van der Waals surface area contributed by atoms with Crippen molar-refractivity contribution in [2.45, 2.75) is 51.5 Å². The minimum atomic E-state index is -0.478. The van der Waals surface area contributed by atoms with Gasteiger partial charge in [0.25, 0.3) is 5.91 Å². The van der Waals surface area contributed by atoms with E-state index >= 15 is 0 Å². The number of hydrogen-bond donors (Lipinski definition) is 1. The van der Waals surface area contributed by atoms with Crippen LogP contribution in [0.2, 0.25) is 0 Å². The van der Waals surface area contributed by atoms with E-state index in [1.165, 1.54) is 12.8 Å². The van der Waals surface area contributed by atoms with Crippen LogP contribution in [0.25, 0.3) is 0 Å². The van der Waals surface area contributed by atoms with Crippen LogP contribution in [-0.4, -0.2) is 46.8 Å². The second-order valence-electron chi connectivity index (χ2n) is 7.62. The molecule has 0 aliphatic carbocycles. The van der Waals surface area contributed by atoms with Crippen LogP contribution in [0.3, 0.4) is 0 Å². The third-order valence-electron chi connectivity index (χ3n) is 5.38. The number of carbonyl (C=O) groups is 1. The molecule has 1 atom stereocenters. The molecule has 128 valence electrons. The number of nitrogens with one attached hydrogen (secondary N) is 1. The summed E-state index contributed by atoms with van der Waals surface area (Å²) in [5, 5.41) is 7.82. The largest absolute Gasteiger partial charge is 0.340 e. The summed E-state index contributed by atoms with van der Waals surface area (Å²) >= 11 is 0. The van der Waals surface area contributed by atoms with Gasteiger partial charge in [0.05, 0.1) is 0 Å². The fraction of sp³-hybridized carbons (Fsp3) is 0.778. The van der Waals surface area contributed by atoms with Crippen molar-refractivity contribution in [3.63, 3.8) is 0 Å². The Balaban J connectivity index is 1.78. The lowest BCUT2D eigenvalue weighted by Crippen LogP contribution is -2.57. The van der Waals surface area contributed by atoms with Crippen LogP contribution in [-0.2, 0) is 10.3 Å². The molecular formula is C18H30N4O. The van der Waals surface area contributed by atoms with Crippen molar-refractivity contribution < 1.29 is 4.79 Å². The molecule has 2 aliphatic heterocycles. The molecule has 0 bridgehead atoms. The molecule has 2 aliphatic rings. The number of nitrogens with zero attached hydrogens (tertiary/aromatic N) is 3. The third kappa shape index (κ3) is 3.44. The van der Waals surface area contributed by atoms with Crippen LogP contribution in [0.1, 0.15) is 46.0 Å². The molecule has 3 heterocycles. The zero-order valence-corrected chi connectivity index (χ0v) is 14.5. The van der Waals surface area contributed by atoms with Crippen molar-refractivity contribution in [2.75, 3.05) is 26.2 Å². The standard InChI is InChI=1S/C18H30N4O/c1-15(2)13-16-5-3-11-21(14-16)17(23)18(6-9-19-10-7-18)22-12-4-8-20-22/h4,8,12,15-16,19H,3,5-7,9-11,13-14H2,1-2H3. The third-order valence-corrected chi connectivity index (χ3v) is 5.38. The van der Waals surface area contributed by atoms with Gasteiger partial charge in [-0.05, 0) is 63.1 Å². The lowest BCUT2D eigenvalue weighted by Gasteiger charge is -2.43. The summed E-state index contributed by atoms with van der Waals surface area (Å²) in [5.41, 5.74) is -0.478. The topological polar surface area (TPSA) is 50.2 Å². The van der Waals surface area contributed by atoms with Crippen molar-refractivity contribution in [1.82, 2.24) is 20.0 Å². The van der Waals surface area contributed by atoms with Gasteiger partial charge in [0.1, 0.15) is 5.54 Å². The Morgan fingerprint density at radius 3 is 2.83 bits per heavy atom. The van der Waals surface area contributed by atoms with Crippen LogP contribution in [0.5, 0.6) is 0 Å². The van der Waals surface area contributed by atoms with Crippen molar-refractivity contribution >= 4 is 5.91 Å². The number of rotatable bonds is 4. The van der Waals surface area contributed by atoms with Gasteiger partial charge in [0, 0.05) is 25.5 Å². The molecule has 1 N–H and O–H groups in total. The lowest BCUT2D eigenvalue weighted by molar-refractivity contribution is -0.145. The number of carbonyl (C=O) groups excluding carboxylic acids is 1. The van der Waals surface area contributed by atoms with Gasteiger partial charge in [-0.15, -0.1) is 0 Å². The molecule has 5 nitrogen and oxygen atoms in total. The van der Waals surface area contributed by atoms with Crippen LogP contribution in [0.15, 0.2) is 18.5 Å². The monoisotopic (exact) mass is 318 g/mol. The van der Waals surface area contributed by atoms with E-state index in [-0.39, 0.29) is 5.91 Å². The van der Waals surface area contributed by atoms with Crippen molar-refractivity contribution in [3.8, 4) is 0 Å². The van der Waals surface area contributed by atoms with E-state index in [1.54, 1.807) is 6.20 Å². The predicted molar refractivity (Wildman–Crippen MR) is 91.1 cm³/mol. The molecule has 0 radical (unpaired) electrons. The summed E-state index contributed by atoms with van der Waals surface area (Å²) in [5.74, 6) is 1.65. The molecule has 0 spiro atoms. The quantitative estimate of drug-likeness (QED) is 0.926. The normalized spacial score (nSPS) is 24.8. The number of amides is 1. The average molecular weight is 318 g/mol. The molecule has 1 aromatic heterocycles. The summed E-state index contributed by atoms with van der Waals surface area (Å²) in [7, 11) is 0. The summed E-state index contributed by atoms with van der Waals surface area (Å²) < 4.78 is 1.92. The predicted octanol–water partition coefficient (Wildman–Crippen LogP) is 2.25. The van der Waals surface area contributed by atoms with Crippen LogP contribution in [0.4, 0.5) is 0 Å².